The van der Waals surface area contributed by atoms with Gasteiger partial charge in [-0.2, -0.15) is 0 Å². The first-order valence-corrected chi connectivity index (χ1v) is 8.25. The molecule has 2 N–H and O–H groups in total. The number of ketones is 2. The van der Waals surface area contributed by atoms with Gasteiger partial charge in [0, 0.05) is 22.3 Å². The minimum atomic E-state index is -1.43. The van der Waals surface area contributed by atoms with Crippen LogP contribution >= 0.6 is 0 Å². The van der Waals surface area contributed by atoms with Crippen LogP contribution in [-0.2, 0) is 0 Å². The maximum Gasteiger partial charge on any atom is 0.336 e. The largest absolute Gasteiger partial charge is 0.478 e. The number of hydrogen-bond acceptors (Lipinski definition) is 4. The molecule has 28 heavy (non-hydrogen) atoms. The summed E-state index contributed by atoms with van der Waals surface area (Å²) in [6, 6.07) is 17.7. The van der Waals surface area contributed by atoms with Crippen molar-refractivity contribution in [3.8, 4) is 0 Å². The molecule has 0 aliphatic rings. The molecule has 0 saturated carbocycles. The van der Waals surface area contributed by atoms with Gasteiger partial charge in [-0.1, -0.05) is 60.7 Å². The lowest BCUT2D eigenvalue weighted by Gasteiger charge is -2.14. The van der Waals surface area contributed by atoms with Crippen LogP contribution in [0, 0.1) is 0 Å². The van der Waals surface area contributed by atoms with Gasteiger partial charge in [0.25, 0.3) is 0 Å². The highest BCUT2D eigenvalue weighted by Crippen LogP contribution is 2.26. The zero-order valence-electron chi connectivity index (χ0n) is 14.5. The van der Waals surface area contributed by atoms with E-state index in [0.29, 0.717) is 0 Å². The quantitative estimate of drug-likeness (QED) is 0.639. The standard InChI is InChI=1S/C22H14O6/c23-19(13-7-3-1-4-8-13)17-15(21(25)26)11-12-16(22(27)28)18(17)20(24)14-9-5-2-6-10-14/h1-12H,(H,25,26)(H,27,28). The van der Waals surface area contributed by atoms with Crippen LogP contribution in [0.2, 0.25) is 0 Å². The lowest BCUT2D eigenvalue weighted by molar-refractivity contribution is 0.0677. The smallest absolute Gasteiger partial charge is 0.336 e. The Hall–Kier alpha value is -4.06. The van der Waals surface area contributed by atoms with Gasteiger partial charge in [-0.3, -0.25) is 9.59 Å². The van der Waals surface area contributed by atoms with Gasteiger partial charge >= 0.3 is 11.9 Å². The van der Waals surface area contributed by atoms with Crippen molar-refractivity contribution >= 4 is 23.5 Å². The summed E-state index contributed by atoms with van der Waals surface area (Å²) in [5.41, 5.74) is -1.44. The van der Waals surface area contributed by atoms with E-state index in [0.717, 1.165) is 12.1 Å². The first-order chi connectivity index (χ1) is 13.4. The summed E-state index contributed by atoms with van der Waals surface area (Å²) in [4.78, 5) is 49.7. The first kappa shape index (κ1) is 18.7. The normalized spacial score (nSPS) is 10.3. The molecule has 3 aromatic rings. The summed E-state index contributed by atoms with van der Waals surface area (Å²) < 4.78 is 0. The van der Waals surface area contributed by atoms with E-state index in [2.05, 4.69) is 0 Å². The predicted molar refractivity (Wildman–Crippen MR) is 100 cm³/mol. The molecule has 0 bridgehead atoms. The molecule has 0 unspecified atom stereocenters. The average Bonchev–Trinajstić information content (AvgIpc) is 2.72. The molecular weight excluding hydrogens is 360 g/mol. The second-order valence-electron chi connectivity index (χ2n) is 5.91. The second kappa shape index (κ2) is 7.67. The first-order valence-electron chi connectivity index (χ1n) is 8.25. The molecule has 0 saturated heterocycles. The van der Waals surface area contributed by atoms with Crippen molar-refractivity contribution in [3.05, 3.63) is 106 Å². The number of benzene rings is 3. The summed E-state index contributed by atoms with van der Waals surface area (Å²) in [5, 5.41) is 19.1. The molecule has 0 amide bonds. The Morgan fingerprint density at radius 3 is 1.11 bits per heavy atom. The average molecular weight is 374 g/mol. The van der Waals surface area contributed by atoms with E-state index in [1.807, 2.05) is 0 Å². The minimum Gasteiger partial charge on any atom is -0.478 e. The molecule has 138 valence electrons. The highest BCUT2D eigenvalue weighted by Gasteiger charge is 2.30. The highest BCUT2D eigenvalue weighted by molar-refractivity contribution is 6.25. The summed E-state index contributed by atoms with van der Waals surface area (Å²) in [6.45, 7) is 0. The fourth-order valence-electron chi connectivity index (χ4n) is 2.90. The molecule has 0 fully saturated rings. The number of carbonyl (C=O) groups excluding carboxylic acids is 2. The van der Waals surface area contributed by atoms with E-state index < -0.39 is 45.8 Å². The Kier molecular flexibility index (Phi) is 5.13. The van der Waals surface area contributed by atoms with Gasteiger partial charge in [-0.25, -0.2) is 9.59 Å². The van der Waals surface area contributed by atoms with Crippen molar-refractivity contribution in [2.24, 2.45) is 0 Å². The van der Waals surface area contributed by atoms with Gasteiger partial charge in [0.15, 0.2) is 11.6 Å². The van der Waals surface area contributed by atoms with E-state index in [4.69, 9.17) is 0 Å². The van der Waals surface area contributed by atoms with E-state index in [-0.39, 0.29) is 11.1 Å². The fourth-order valence-corrected chi connectivity index (χ4v) is 2.90. The zero-order chi connectivity index (χ0) is 20.3. The Labute approximate surface area is 159 Å². The van der Waals surface area contributed by atoms with Gasteiger partial charge in [0.1, 0.15) is 0 Å². The van der Waals surface area contributed by atoms with E-state index in [9.17, 15) is 29.4 Å². The third-order valence-electron chi connectivity index (χ3n) is 4.19. The maximum absolute atomic E-state index is 13.1. The van der Waals surface area contributed by atoms with Crippen LogP contribution in [0.1, 0.15) is 52.6 Å². The van der Waals surface area contributed by atoms with Crippen LogP contribution in [0.4, 0.5) is 0 Å². The van der Waals surface area contributed by atoms with Crippen molar-refractivity contribution in [1.82, 2.24) is 0 Å². The molecule has 0 radical (unpaired) electrons. The third kappa shape index (κ3) is 3.43. The van der Waals surface area contributed by atoms with Crippen molar-refractivity contribution in [3.63, 3.8) is 0 Å². The van der Waals surface area contributed by atoms with Gasteiger partial charge in [-0.15, -0.1) is 0 Å². The number of carboxylic acids is 2. The fraction of sp³-hybridized carbons (Fsp3) is 0. The zero-order valence-corrected chi connectivity index (χ0v) is 14.5. The van der Waals surface area contributed by atoms with Crippen molar-refractivity contribution in [2.75, 3.05) is 0 Å². The lowest BCUT2D eigenvalue weighted by Crippen LogP contribution is -2.20. The SMILES string of the molecule is O=C(O)c1ccc(C(=O)O)c(C(=O)c2ccccc2)c1C(=O)c1ccccc1. The van der Waals surface area contributed by atoms with Gasteiger partial charge in [0.2, 0.25) is 0 Å². The van der Waals surface area contributed by atoms with Crippen LogP contribution in [0.3, 0.4) is 0 Å². The van der Waals surface area contributed by atoms with Crippen LogP contribution in [0.25, 0.3) is 0 Å². The summed E-state index contributed by atoms with van der Waals surface area (Å²) in [5.74, 6) is -4.34. The van der Waals surface area contributed by atoms with E-state index >= 15 is 0 Å². The number of aromatic carboxylic acids is 2. The summed E-state index contributed by atoms with van der Waals surface area (Å²) >= 11 is 0. The van der Waals surface area contributed by atoms with Crippen molar-refractivity contribution in [2.45, 2.75) is 0 Å². The molecule has 0 heterocycles. The molecule has 0 aromatic heterocycles. The highest BCUT2D eigenvalue weighted by atomic mass is 16.4. The lowest BCUT2D eigenvalue weighted by atomic mass is 9.86. The second-order valence-corrected chi connectivity index (χ2v) is 5.91. The van der Waals surface area contributed by atoms with Crippen LogP contribution in [-0.4, -0.2) is 33.7 Å². The third-order valence-corrected chi connectivity index (χ3v) is 4.19. The van der Waals surface area contributed by atoms with Gasteiger partial charge in [-0.05, 0) is 12.1 Å². The van der Waals surface area contributed by atoms with Gasteiger partial charge < -0.3 is 10.2 Å². The number of carbonyl (C=O) groups is 4. The van der Waals surface area contributed by atoms with Crippen molar-refractivity contribution in [1.29, 1.82) is 0 Å². The Morgan fingerprint density at radius 1 is 0.500 bits per heavy atom. The molecular formula is C22H14O6. The molecule has 0 aliphatic heterocycles. The summed E-state index contributed by atoms with van der Waals surface area (Å²) in [6.07, 6.45) is 0. The van der Waals surface area contributed by atoms with Crippen molar-refractivity contribution < 1.29 is 29.4 Å². The minimum absolute atomic E-state index is 0.148. The van der Waals surface area contributed by atoms with Gasteiger partial charge in [0.05, 0.1) is 11.1 Å². The Bertz CT molecular complexity index is 996. The predicted octanol–water partition coefficient (Wildman–Crippen LogP) is 3.55. The monoisotopic (exact) mass is 374 g/mol. The molecule has 6 nitrogen and oxygen atoms in total. The Morgan fingerprint density at radius 2 is 0.821 bits per heavy atom. The van der Waals surface area contributed by atoms with E-state index in [1.54, 1.807) is 36.4 Å². The Balaban J connectivity index is 2.36. The van der Waals surface area contributed by atoms with E-state index in [1.165, 1.54) is 24.3 Å². The molecule has 3 rings (SSSR count). The number of rotatable bonds is 6. The van der Waals surface area contributed by atoms with Crippen LogP contribution in [0.5, 0.6) is 0 Å². The maximum atomic E-state index is 13.1. The summed E-state index contributed by atoms with van der Waals surface area (Å²) in [7, 11) is 0. The van der Waals surface area contributed by atoms with Crippen LogP contribution in [0.15, 0.2) is 72.8 Å². The topological polar surface area (TPSA) is 109 Å². The molecule has 3 aromatic carbocycles. The molecule has 6 heteroatoms. The number of hydrogen-bond donors (Lipinski definition) is 2. The molecule has 0 spiro atoms. The molecule has 0 aliphatic carbocycles. The number of carboxylic acid groups (broad SMARTS) is 2. The van der Waals surface area contributed by atoms with Crippen LogP contribution < -0.4 is 0 Å². The molecule has 0 atom stereocenters.